The van der Waals surface area contributed by atoms with Crippen molar-refractivity contribution in [2.75, 3.05) is 0 Å². The van der Waals surface area contributed by atoms with Crippen LogP contribution in [0.1, 0.15) is 52.4 Å². The van der Waals surface area contributed by atoms with E-state index in [0.717, 1.165) is 11.8 Å². The first-order chi connectivity index (χ1) is 4.86. The summed E-state index contributed by atoms with van der Waals surface area (Å²) in [5, 5.41) is 0. The van der Waals surface area contributed by atoms with Gasteiger partial charge in [0.1, 0.15) is 0 Å². The molecule has 0 nitrogen and oxygen atoms in total. The van der Waals surface area contributed by atoms with Gasteiger partial charge >= 0.3 is 0 Å². The van der Waals surface area contributed by atoms with Crippen molar-refractivity contribution in [3.8, 4) is 0 Å². The molecule has 1 unspecified atom stereocenters. The highest BCUT2D eigenvalue weighted by Crippen LogP contribution is 2.35. The first-order valence-corrected chi connectivity index (χ1v) is 4.86. The molecule has 0 heteroatoms. The predicted molar refractivity (Wildman–Crippen MR) is 46.0 cm³/mol. The molecule has 1 fully saturated rings. The Morgan fingerprint density at radius 2 is 1.80 bits per heavy atom. The van der Waals surface area contributed by atoms with Crippen LogP contribution < -0.4 is 0 Å². The normalized spacial score (nSPS) is 33.0. The highest BCUT2D eigenvalue weighted by molar-refractivity contribution is 4.73. The van der Waals surface area contributed by atoms with Gasteiger partial charge in [-0.2, -0.15) is 0 Å². The second-order valence-corrected chi connectivity index (χ2v) is 3.74. The van der Waals surface area contributed by atoms with Gasteiger partial charge in [-0.1, -0.05) is 46.0 Å². The van der Waals surface area contributed by atoms with Gasteiger partial charge in [-0.25, -0.2) is 0 Å². The van der Waals surface area contributed by atoms with E-state index in [1.165, 1.54) is 38.5 Å². The maximum atomic E-state index is 2.33. The predicted octanol–water partition coefficient (Wildman–Crippen LogP) is 3.61. The standard InChI is InChI=1S/C10H20/c1-3-5-10-7-6-9(4-2)8-10/h9-10H,3-8H2,1-2H3/t9-,10?/m0/s1. The summed E-state index contributed by atoms with van der Waals surface area (Å²) in [7, 11) is 0. The molecule has 0 radical (unpaired) electrons. The Balaban J connectivity index is 2.15. The molecule has 60 valence electrons. The fourth-order valence-electron chi connectivity index (χ4n) is 2.22. The Bertz CT molecular complexity index is 86.0. The first-order valence-electron chi connectivity index (χ1n) is 4.86. The van der Waals surface area contributed by atoms with Crippen LogP contribution >= 0.6 is 0 Å². The summed E-state index contributed by atoms with van der Waals surface area (Å²) in [6, 6.07) is 0. The van der Waals surface area contributed by atoms with E-state index < -0.39 is 0 Å². The molecule has 10 heavy (non-hydrogen) atoms. The largest absolute Gasteiger partial charge is 0.0654 e. The molecule has 0 saturated heterocycles. The van der Waals surface area contributed by atoms with E-state index in [4.69, 9.17) is 0 Å². The third-order valence-corrected chi connectivity index (χ3v) is 2.92. The van der Waals surface area contributed by atoms with Crippen LogP contribution in [0.15, 0.2) is 0 Å². The van der Waals surface area contributed by atoms with Crippen molar-refractivity contribution < 1.29 is 0 Å². The van der Waals surface area contributed by atoms with Gasteiger partial charge in [0.25, 0.3) is 0 Å². The average molecular weight is 140 g/mol. The second-order valence-electron chi connectivity index (χ2n) is 3.74. The van der Waals surface area contributed by atoms with Gasteiger partial charge in [-0.05, 0) is 18.3 Å². The fraction of sp³-hybridized carbons (Fsp3) is 1.00. The molecule has 0 aliphatic heterocycles. The Hall–Kier alpha value is 0. The molecule has 0 spiro atoms. The van der Waals surface area contributed by atoms with E-state index in [9.17, 15) is 0 Å². The van der Waals surface area contributed by atoms with Gasteiger partial charge in [0.05, 0.1) is 0 Å². The van der Waals surface area contributed by atoms with E-state index in [-0.39, 0.29) is 0 Å². The van der Waals surface area contributed by atoms with Gasteiger partial charge in [0.15, 0.2) is 0 Å². The lowest BCUT2D eigenvalue weighted by Gasteiger charge is -2.07. The molecule has 0 amide bonds. The summed E-state index contributed by atoms with van der Waals surface area (Å²) < 4.78 is 0. The van der Waals surface area contributed by atoms with Gasteiger partial charge in [0.2, 0.25) is 0 Å². The SMILES string of the molecule is CCCC1CC[C@H](CC)C1. The maximum absolute atomic E-state index is 2.33. The lowest BCUT2D eigenvalue weighted by molar-refractivity contribution is 0.453. The van der Waals surface area contributed by atoms with Crippen LogP contribution in [0.4, 0.5) is 0 Å². The molecule has 1 rings (SSSR count). The Kier molecular flexibility index (Phi) is 3.24. The molecule has 0 N–H and O–H groups in total. The van der Waals surface area contributed by atoms with Gasteiger partial charge in [-0.3, -0.25) is 0 Å². The minimum atomic E-state index is 1.08. The summed E-state index contributed by atoms with van der Waals surface area (Å²) in [6.45, 7) is 4.64. The van der Waals surface area contributed by atoms with Crippen molar-refractivity contribution >= 4 is 0 Å². The molecule has 0 aromatic carbocycles. The Labute approximate surface area is 65.0 Å². The van der Waals surface area contributed by atoms with E-state index in [2.05, 4.69) is 13.8 Å². The lowest BCUT2D eigenvalue weighted by atomic mass is 9.99. The highest BCUT2D eigenvalue weighted by atomic mass is 14.3. The van der Waals surface area contributed by atoms with Crippen LogP contribution in [-0.2, 0) is 0 Å². The zero-order valence-electron chi connectivity index (χ0n) is 7.40. The average Bonchev–Trinajstić information content (AvgIpc) is 2.37. The van der Waals surface area contributed by atoms with Crippen LogP contribution in [0.3, 0.4) is 0 Å². The molecule has 1 aliphatic carbocycles. The lowest BCUT2D eigenvalue weighted by Crippen LogP contribution is -1.94. The minimum absolute atomic E-state index is 1.08. The van der Waals surface area contributed by atoms with Gasteiger partial charge < -0.3 is 0 Å². The summed E-state index contributed by atoms with van der Waals surface area (Å²) in [6.07, 6.45) is 8.86. The zero-order valence-corrected chi connectivity index (χ0v) is 7.40. The highest BCUT2D eigenvalue weighted by Gasteiger charge is 2.21. The second kappa shape index (κ2) is 4.00. The summed E-state index contributed by atoms with van der Waals surface area (Å²) in [5.41, 5.74) is 0. The van der Waals surface area contributed by atoms with Crippen LogP contribution in [0.25, 0.3) is 0 Å². The Morgan fingerprint density at radius 1 is 1.10 bits per heavy atom. The van der Waals surface area contributed by atoms with Crippen molar-refractivity contribution in [3.63, 3.8) is 0 Å². The van der Waals surface area contributed by atoms with E-state index in [1.807, 2.05) is 0 Å². The van der Waals surface area contributed by atoms with Crippen molar-refractivity contribution in [1.29, 1.82) is 0 Å². The summed E-state index contributed by atoms with van der Waals surface area (Å²) >= 11 is 0. The van der Waals surface area contributed by atoms with Crippen LogP contribution in [0, 0.1) is 11.8 Å². The molecular formula is C10H20. The topological polar surface area (TPSA) is 0 Å². The van der Waals surface area contributed by atoms with Crippen molar-refractivity contribution in [1.82, 2.24) is 0 Å². The minimum Gasteiger partial charge on any atom is -0.0654 e. The molecule has 0 aromatic rings. The first kappa shape index (κ1) is 8.10. The summed E-state index contributed by atoms with van der Waals surface area (Å²) in [4.78, 5) is 0. The number of rotatable bonds is 3. The van der Waals surface area contributed by atoms with Crippen molar-refractivity contribution in [2.45, 2.75) is 52.4 Å². The molecular weight excluding hydrogens is 120 g/mol. The zero-order chi connectivity index (χ0) is 7.40. The van der Waals surface area contributed by atoms with Gasteiger partial charge in [-0.15, -0.1) is 0 Å². The van der Waals surface area contributed by atoms with Crippen molar-refractivity contribution in [2.24, 2.45) is 11.8 Å². The third kappa shape index (κ3) is 2.00. The molecule has 0 heterocycles. The van der Waals surface area contributed by atoms with Crippen molar-refractivity contribution in [3.05, 3.63) is 0 Å². The molecule has 0 aromatic heterocycles. The quantitative estimate of drug-likeness (QED) is 0.561. The van der Waals surface area contributed by atoms with E-state index in [1.54, 1.807) is 0 Å². The summed E-state index contributed by atoms with van der Waals surface area (Å²) in [5.74, 6) is 2.17. The van der Waals surface area contributed by atoms with Crippen LogP contribution in [-0.4, -0.2) is 0 Å². The van der Waals surface area contributed by atoms with E-state index in [0.29, 0.717) is 0 Å². The van der Waals surface area contributed by atoms with Crippen LogP contribution in [0.2, 0.25) is 0 Å². The smallest absolute Gasteiger partial charge is 0.0412 e. The van der Waals surface area contributed by atoms with Gasteiger partial charge in [0, 0.05) is 0 Å². The maximum Gasteiger partial charge on any atom is -0.0412 e. The molecule has 2 atom stereocenters. The number of hydrogen-bond donors (Lipinski definition) is 0. The third-order valence-electron chi connectivity index (χ3n) is 2.92. The molecule has 0 bridgehead atoms. The molecule has 1 saturated carbocycles. The van der Waals surface area contributed by atoms with Crippen LogP contribution in [0.5, 0.6) is 0 Å². The van der Waals surface area contributed by atoms with E-state index >= 15 is 0 Å². The Morgan fingerprint density at radius 3 is 2.30 bits per heavy atom. The number of hydrogen-bond acceptors (Lipinski definition) is 0. The molecule has 1 aliphatic rings. The monoisotopic (exact) mass is 140 g/mol. The fourth-order valence-corrected chi connectivity index (χ4v) is 2.22.